The Labute approximate surface area is 192 Å². The maximum Gasteiger partial charge on any atom is 0.258 e. The zero-order valence-electron chi connectivity index (χ0n) is 18.8. The number of hydrogen-bond acceptors (Lipinski definition) is 6. The minimum atomic E-state index is -0.105. The van der Waals surface area contributed by atoms with Crippen molar-refractivity contribution in [2.24, 2.45) is 4.99 Å². The zero-order chi connectivity index (χ0) is 22.8. The molecule has 2 aliphatic heterocycles. The molecule has 1 aromatic heterocycles. The van der Waals surface area contributed by atoms with Crippen LogP contribution < -0.4 is 15.4 Å². The highest BCUT2D eigenvalue weighted by Gasteiger charge is 2.20. The van der Waals surface area contributed by atoms with Gasteiger partial charge in [0.15, 0.2) is 0 Å². The second-order valence-corrected chi connectivity index (χ2v) is 8.27. The third-order valence-corrected chi connectivity index (χ3v) is 6.14. The summed E-state index contributed by atoms with van der Waals surface area (Å²) in [5.41, 5.74) is 6.05. The Kier molecular flexibility index (Phi) is 5.60. The fraction of sp³-hybridized carbons (Fsp3) is 0.231. The van der Waals surface area contributed by atoms with Gasteiger partial charge in [-0.25, -0.2) is 4.98 Å². The summed E-state index contributed by atoms with van der Waals surface area (Å²) >= 11 is 0. The van der Waals surface area contributed by atoms with Crippen LogP contribution >= 0.6 is 0 Å². The van der Waals surface area contributed by atoms with Crippen molar-refractivity contribution in [3.05, 3.63) is 88.6 Å². The van der Waals surface area contributed by atoms with Crippen molar-refractivity contribution in [2.45, 2.75) is 13.8 Å². The number of aliphatic imine (C=N–C) groups is 1. The van der Waals surface area contributed by atoms with E-state index in [1.807, 2.05) is 43.5 Å². The smallest absolute Gasteiger partial charge is 0.258 e. The van der Waals surface area contributed by atoms with Crippen molar-refractivity contribution in [3.8, 4) is 11.3 Å². The summed E-state index contributed by atoms with van der Waals surface area (Å²) < 4.78 is 0. The van der Waals surface area contributed by atoms with Crippen LogP contribution in [-0.4, -0.2) is 46.8 Å². The Hall–Kier alpha value is -4.00. The number of aromatic nitrogens is 3. The summed E-state index contributed by atoms with van der Waals surface area (Å²) in [5.74, 6) is 0.919. The van der Waals surface area contributed by atoms with E-state index in [0.29, 0.717) is 11.3 Å². The number of H-pyrrole nitrogens is 1. The largest absolute Gasteiger partial charge is 0.368 e. The molecule has 5 rings (SSSR count). The van der Waals surface area contributed by atoms with Crippen LogP contribution in [0, 0.1) is 6.92 Å². The fourth-order valence-corrected chi connectivity index (χ4v) is 4.34. The first-order chi connectivity index (χ1) is 16.1. The van der Waals surface area contributed by atoms with Crippen LogP contribution in [-0.2, 0) is 0 Å². The molecule has 0 spiro atoms. The van der Waals surface area contributed by atoms with Crippen LogP contribution in [0.4, 0.5) is 17.2 Å². The monoisotopic (exact) mass is 438 g/mol. The first-order valence-electron chi connectivity index (χ1n) is 11.1. The predicted molar refractivity (Wildman–Crippen MR) is 133 cm³/mol. The van der Waals surface area contributed by atoms with Crippen molar-refractivity contribution in [1.82, 2.24) is 15.0 Å². The molecule has 0 amide bonds. The SMILES string of the molecule is CC(=Nc1cc(N2CCN(c3cnccn3)CC2)ccc1C)c1c2cccccc-2[nH]c1=O. The standard InChI is InChI=1S/C26H26N6O/c1-18-8-9-20(31-12-14-32(15-13-31)24-17-27-10-11-28-24)16-23(18)29-19(2)25-21-6-4-3-5-7-22(21)30-26(25)33/h3-11,16-17H,12-15H2,1-2H3,(H,30,33). The molecule has 0 atom stereocenters. The van der Waals surface area contributed by atoms with Crippen LogP contribution in [0.1, 0.15) is 18.1 Å². The number of rotatable bonds is 4. The lowest BCUT2D eigenvalue weighted by molar-refractivity contribution is 0.646. The second-order valence-electron chi connectivity index (χ2n) is 8.27. The van der Waals surface area contributed by atoms with E-state index in [1.54, 1.807) is 12.4 Å². The number of aryl methyl sites for hydroxylation is 1. The molecule has 33 heavy (non-hydrogen) atoms. The maximum atomic E-state index is 12.7. The molecule has 3 heterocycles. The number of nitrogens with one attached hydrogen (secondary N) is 1. The maximum absolute atomic E-state index is 12.7. The molecule has 1 aliphatic carbocycles. The fourth-order valence-electron chi connectivity index (χ4n) is 4.34. The van der Waals surface area contributed by atoms with Gasteiger partial charge in [0.1, 0.15) is 5.82 Å². The molecule has 1 saturated heterocycles. The summed E-state index contributed by atoms with van der Waals surface area (Å²) in [6, 6.07) is 16.1. The molecule has 0 bridgehead atoms. The summed E-state index contributed by atoms with van der Waals surface area (Å²) in [6.07, 6.45) is 5.24. The molecule has 0 radical (unpaired) electrons. The molecule has 1 fully saturated rings. The van der Waals surface area contributed by atoms with Crippen molar-refractivity contribution >= 4 is 22.9 Å². The van der Waals surface area contributed by atoms with Crippen LogP contribution in [0.15, 0.2) is 76.9 Å². The number of fused-ring (bicyclic) bond motifs is 1. The lowest BCUT2D eigenvalue weighted by atomic mass is 10.1. The number of hydrogen-bond donors (Lipinski definition) is 1. The minimum absolute atomic E-state index is 0.105. The van der Waals surface area contributed by atoms with Gasteiger partial charge in [0.05, 0.1) is 23.2 Å². The molecule has 3 aliphatic rings. The predicted octanol–water partition coefficient (Wildman–Crippen LogP) is 4.05. The Morgan fingerprint density at radius 1 is 1.00 bits per heavy atom. The lowest BCUT2D eigenvalue weighted by Crippen LogP contribution is -2.46. The number of nitrogens with zero attached hydrogens (tertiary/aromatic N) is 5. The third-order valence-electron chi connectivity index (χ3n) is 6.14. The first kappa shape index (κ1) is 20.9. The van der Waals surface area contributed by atoms with E-state index < -0.39 is 0 Å². The van der Waals surface area contributed by atoms with E-state index in [0.717, 1.165) is 60.2 Å². The quantitative estimate of drug-likeness (QED) is 0.487. The van der Waals surface area contributed by atoms with Gasteiger partial charge < -0.3 is 14.8 Å². The highest BCUT2D eigenvalue weighted by molar-refractivity contribution is 6.05. The van der Waals surface area contributed by atoms with Gasteiger partial charge in [-0.15, -0.1) is 0 Å². The molecule has 1 N–H and O–H groups in total. The highest BCUT2D eigenvalue weighted by Crippen LogP contribution is 2.29. The van der Waals surface area contributed by atoms with Gasteiger partial charge in [-0.3, -0.25) is 14.8 Å². The van der Waals surface area contributed by atoms with Crippen molar-refractivity contribution in [2.75, 3.05) is 36.0 Å². The molecule has 1 aromatic carbocycles. The number of benzene rings is 1. The van der Waals surface area contributed by atoms with Crippen LogP contribution in [0.25, 0.3) is 11.3 Å². The molecule has 2 aromatic rings. The summed E-state index contributed by atoms with van der Waals surface area (Å²) in [4.78, 5) is 33.7. The van der Waals surface area contributed by atoms with Gasteiger partial charge in [-0.05, 0) is 37.6 Å². The van der Waals surface area contributed by atoms with Gasteiger partial charge in [0.2, 0.25) is 0 Å². The number of anilines is 2. The average Bonchev–Trinajstić information content (AvgIpc) is 2.99. The lowest BCUT2D eigenvalue weighted by Gasteiger charge is -2.36. The van der Waals surface area contributed by atoms with Gasteiger partial charge in [-0.1, -0.05) is 30.3 Å². The molecular formula is C26H26N6O. The molecule has 7 heteroatoms. The van der Waals surface area contributed by atoms with Gasteiger partial charge in [0, 0.05) is 55.5 Å². The molecule has 0 unspecified atom stereocenters. The van der Waals surface area contributed by atoms with Crippen LogP contribution in [0.5, 0.6) is 0 Å². The van der Waals surface area contributed by atoms with E-state index in [-0.39, 0.29) is 5.56 Å². The normalized spacial score (nSPS) is 14.7. The van der Waals surface area contributed by atoms with E-state index in [2.05, 4.69) is 49.9 Å². The average molecular weight is 439 g/mol. The first-order valence-corrected chi connectivity index (χ1v) is 11.1. The van der Waals surface area contributed by atoms with Crippen molar-refractivity contribution in [1.29, 1.82) is 0 Å². The van der Waals surface area contributed by atoms with Crippen LogP contribution in [0.2, 0.25) is 0 Å². The Balaban J connectivity index is 1.40. The Morgan fingerprint density at radius 2 is 1.79 bits per heavy atom. The third kappa shape index (κ3) is 4.22. The minimum Gasteiger partial charge on any atom is -0.368 e. The molecule has 0 saturated carbocycles. The summed E-state index contributed by atoms with van der Waals surface area (Å²) in [5, 5.41) is 0. The summed E-state index contributed by atoms with van der Waals surface area (Å²) in [6.45, 7) is 7.51. The van der Waals surface area contributed by atoms with Gasteiger partial charge >= 0.3 is 0 Å². The number of aromatic amines is 1. The molecule has 7 nitrogen and oxygen atoms in total. The highest BCUT2D eigenvalue weighted by atomic mass is 16.1. The van der Waals surface area contributed by atoms with E-state index in [1.165, 1.54) is 0 Å². The van der Waals surface area contributed by atoms with Crippen molar-refractivity contribution < 1.29 is 0 Å². The topological polar surface area (TPSA) is 77.5 Å². The summed E-state index contributed by atoms with van der Waals surface area (Å²) in [7, 11) is 0. The number of piperazine rings is 1. The van der Waals surface area contributed by atoms with Crippen LogP contribution in [0.3, 0.4) is 0 Å². The molecular weight excluding hydrogens is 412 g/mol. The van der Waals surface area contributed by atoms with Crippen molar-refractivity contribution in [3.63, 3.8) is 0 Å². The van der Waals surface area contributed by atoms with Gasteiger partial charge in [-0.2, -0.15) is 0 Å². The van der Waals surface area contributed by atoms with E-state index >= 15 is 0 Å². The van der Waals surface area contributed by atoms with E-state index in [9.17, 15) is 4.79 Å². The van der Waals surface area contributed by atoms with Gasteiger partial charge in [0.25, 0.3) is 5.56 Å². The van der Waals surface area contributed by atoms with E-state index in [4.69, 9.17) is 4.99 Å². The second kappa shape index (κ2) is 8.86. The molecule has 166 valence electrons. The Morgan fingerprint density at radius 3 is 2.58 bits per heavy atom. The zero-order valence-corrected chi connectivity index (χ0v) is 18.8. The Bertz CT molecular complexity index is 1320.